The minimum atomic E-state index is -0.0202. The van der Waals surface area contributed by atoms with Gasteiger partial charge in [0.25, 0.3) is 5.91 Å². The fourth-order valence-electron chi connectivity index (χ4n) is 2.69. The molecular weight excluding hydrogens is 252 g/mol. The van der Waals surface area contributed by atoms with Gasteiger partial charge in [0.05, 0.1) is 0 Å². The number of nitrogens with one attached hydrogen (secondary N) is 2. The molecule has 2 rings (SSSR count). The van der Waals surface area contributed by atoms with Crippen LogP contribution in [0.1, 0.15) is 61.5 Å². The van der Waals surface area contributed by atoms with Gasteiger partial charge in [-0.25, -0.2) is 10.8 Å². The lowest BCUT2D eigenvalue weighted by atomic mass is 9.95. The van der Waals surface area contributed by atoms with Crippen molar-refractivity contribution in [1.29, 1.82) is 0 Å². The van der Waals surface area contributed by atoms with Crippen LogP contribution in [0.5, 0.6) is 0 Å². The molecule has 0 unspecified atom stereocenters. The summed E-state index contributed by atoms with van der Waals surface area (Å²) in [6.07, 6.45) is 7.70. The lowest BCUT2D eigenvalue weighted by molar-refractivity contribution is 0.0927. The highest BCUT2D eigenvalue weighted by atomic mass is 16.1. The van der Waals surface area contributed by atoms with Gasteiger partial charge in [-0.15, -0.1) is 0 Å². The Morgan fingerprint density at radius 3 is 2.75 bits per heavy atom. The van der Waals surface area contributed by atoms with Gasteiger partial charge < -0.3 is 10.7 Å². The van der Waals surface area contributed by atoms with Crippen LogP contribution in [0.3, 0.4) is 0 Å². The molecule has 0 aliphatic heterocycles. The fourth-order valence-corrected chi connectivity index (χ4v) is 2.69. The molecule has 0 bridgehead atoms. The molecule has 1 aliphatic rings. The standard InChI is InChI=1S/C15H24N4O/c1-2-6-13-9-11(10-14(17-13)19-16)15(20)18-12-7-4-3-5-8-12/h9-10,12H,2-8,16H2,1H3,(H,17,19)(H,18,20). The molecule has 1 aliphatic carbocycles. The Morgan fingerprint density at radius 1 is 1.35 bits per heavy atom. The van der Waals surface area contributed by atoms with Gasteiger partial charge in [0.1, 0.15) is 5.82 Å². The summed E-state index contributed by atoms with van der Waals surface area (Å²) >= 11 is 0. The minimum absolute atomic E-state index is 0.0202. The lowest BCUT2D eigenvalue weighted by Crippen LogP contribution is -2.36. The average Bonchev–Trinajstić information content (AvgIpc) is 2.48. The quantitative estimate of drug-likeness (QED) is 0.570. The number of aryl methyl sites for hydroxylation is 1. The molecule has 20 heavy (non-hydrogen) atoms. The zero-order chi connectivity index (χ0) is 14.4. The number of pyridine rings is 1. The van der Waals surface area contributed by atoms with E-state index < -0.39 is 0 Å². The van der Waals surface area contributed by atoms with Crippen LogP contribution in [-0.4, -0.2) is 16.9 Å². The maximum atomic E-state index is 12.3. The van der Waals surface area contributed by atoms with E-state index in [2.05, 4.69) is 22.7 Å². The van der Waals surface area contributed by atoms with E-state index in [4.69, 9.17) is 5.84 Å². The second-order valence-electron chi connectivity index (χ2n) is 5.44. The third-order valence-corrected chi connectivity index (χ3v) is 3.73. The smallest absolute Gasteiger partial charge is 0.251 e. The Bertz CT molecular complexity index is 455. The van der Waals surface area contributed by atoms with Gasteiger partial charge in [-0.2, -0.15) is 0 Å². The van der Waals surface area contributed by atoms with Crippen molar-refractivity contribution in [3.05, 3.63) is 23.4 Å². The maximum Gasteiger partial charge on any atom is 0.251 e. The average molecular weight is 276 g/mol. The van der Waals surface area contributed by atoms with E-state index in [-0.39, 0.29) is 5.91 Å². The van der Waals surface area contributed by atoms with Crippen molar-refractivity contribution in [2.45, 2.75) is 57.9 Å². The molecule has 0 saturated heterocycles. The topological polar surface area (TPSA) is 80.0 Å². The first-order valence-electron chi connectivity index (χ1n) is 7.51. The van der Waals surface area contributed by atoms with Crippen molar-refractivity contribution >= 4 is 11.7 Å². The number of carbonyl (C=O) groups is 1. The maximum absolute atomic E-state index is 12.3. The first kappa shape index (κ1) is 14.8. The summed E-state index contributed by atoms with van der Waals surface area (Å²) in [5.41, 5.74) is 4.07. The number of nitrogens with zero attached hydrogens (tertiary/aromatic N) is 1. The molecule has 5 heteroatoms. The summed E-state index contributed by atoms with van der Waals surface area (Å²) in [5.74, 6) is 5.95. The first-order valence-corrected chi connectivity index (χ1v) is 7.51. The van der Waals surface area contributed by atoms with Crippen molar-refractivity contribution < 1.29 is 4.79 Å². The largest absolute Gasteiger partial charge is 0.349 e. The Kier molecular flexibility index (Phi) is 5.35. The molecule has 1 saturated carbocycles. The van der Waals surface area contributed by atoms with E-state index >= 15 is 0 Å². The van der Waals surface area contributed by atoms with Gasteiger partial charge in [0.15, 0.2) is 0 Å². The molecule has 0 aromatic carbocycles. The number of nitrogen functional groups attached to an aromatic ring is 1. The SMILES string of the molecule is CCCc1cc(C(=O)NC2CCCCC2)cc(NN)n1. The van der Waals surface area contributed by atoms with Gasteiger partial charge in [0, 0.05) is 17.3 Å². The minimum Gasteiger partial charge on any atom is -0.349 e. The Balaban J connectivity index is 2.09. The summed E-state index contributed by atoms with van der Waals surface area (Å²) in [6.45, 7) is 2.09. The number of hydrogen-bond acceptors (Lipinski definition) is 4. The second kappa shape index (κ2) is 7.24. The van der Waals surface area contributed by atoms with Crippen LogP contribution < -0.4 is 16.6 Å². The summed E-state index contributed by atoms with van der Waals surface area (Å²) in [5, 5.41) is 3.12. The van der Waals surface area contributed by atoms with E-state index in [0.717, 1.165) is 31.4 Å². The van der Waals surface area contributed by atoms with E-state index in [9.17, 15) is 4.79 Å². The molecule has 1 heterocycles. The number of nitrogens with two attached hydrogens (primary N) is 1. The highest BCUT2D eigenvalue weighted by Gasteiger charge is 2.17. The molecule has 110 valence electrons. The Hall–Kier alpha value is -1.62. The first-order chi connectivity index (χ1) is 9.72. The summed E-state index contributed by atoms with van der Waals surface area (Å²) in [6, 6.07) is 3.88. The highest BCUT2D eigenvalue weighted by Crippen LogP contribution is 2.18. The van der Waals surface area contributed by atoms with Crippen LogP contribution in [0.2, 0.25) is 0 Å². The van der Waals surface area contributed by atoms with Crippen molar-refractivity contribution in [3.63, 3.8) is 0 Å². The number of aromatic nitrogens is 1. The second-order valence-corrected chi connectivity index (χ2v) is 5.44. The predicted molar refractivity (Wildman–Crippen MR) is 80.4 cm³/mol. The molecule has 1 aromatic rings. The number of hydrogen-bond donors (Lipinski definition) is 3. The van der Waals surface area contributed by atoms with Gasteiger partial charge in [-0.3, -0.25) is 4.79 Å². The molecule has 4 N–H and O–H groups in total. The van der Waals surface area contributed by atoms with Crippen LogP contribution in [0.15, 0.2) is 12.1 Å². The highest BCUT2D eigenvalue weighted by molar-refractivity contribution is 5.95. The van der Waals surface area contributed by atoms with Gasteiger partial charge in [-0.05, 0) is 31.4 Å². The Morgan fingerprint density at radius 2 is 2.10 bits per heavy atom. The molecule has 0 radical (unpaired) electrons. The molecule has 0 atom stereocenters. The van der Waals surface area contributed by atoms with Crippen LogP contribution in [0.4, 0.5) is 5.82 Å². The van der Waals surface area contributed by atoms with Gasteiger partial charge in [-0.1, -0.05) is 32.6 Å². The summed E-state index contributed by atoms with van der Waals surface area (Å²) in [7, 11) is 0. The van der Waals surface area contributed by atoms with E-state index in [1.165, 1.54) is 19.3 Å². The molecule has 1 aromatic heterocycles. The number of carbonyl (C=O) groups excluding carboxylic acids is 1. The van der Waals surface area contributed by atoms with Crippen LogP contribution in [0, 0.1) is 0 Å². The summed E-state index contributed by atoms with van der Waals surface area (Å²) in [4.78, 5) is 16.7. The van der Waals surface area contributed by atoms with Gasteiger partial charge >= 0.3 is 0 Å². The van der Waals surface area contributed by atoms with Crippen molar-refractivity contribution in [1.82, 2.24) is 10.3 Å². The number of amides is 1. The van der Waals surface area contributed by atoms with E-state index in [1.807, 2.05) is 6.07 Å². The zero-order valence-corrected chi connectivity index (χ0v) is 12.1. The number of hydrazine groups is 1. The third kappa shape index (κ3) is 3.93. The number of anilines is 1. The molecular formula is C15H24N4O. The fraction of sp³-hybridized carbons (Fsp3) is 0.600. The van der Waals surface area contributed by atoms with E-state index in [1.54, 1.807) is 6.07 Å². The van der Waals surface area contributed by atoms with Crippen molar-refractivity contribution in [2.75, 3.05) is 5.43 Å². The zero-order valence-electron chi connectivity index (χ0n) is 12.1. The molecule has 1 amide bonds. The molecule has 5 nitrogen and oxygen atoms in total. The monoisotopic (exact) mass is 276 g/mol. The summed E-state index contributed by atoms with van der Waals surface area (Å²) < 4.78 is 0. The lowest BCUT2D eigenvalue weighted by Gasteiger charge is -2.23. The van der Waals surface area contributed by atoms with Crippen LogP contribution in [0.25, 0.3) is 0 Å². The third-order valence-electron chi connectivity index (χ3n) is 3.73. The normalized spacial score (nSPS) is 15.9. The van der Waals surface area contributed by atoms with Gasteiger partial charge in [0.2, 0.25) is 0 Å². The van der Waals surface area contributed by atoms with Crippen molar-refractivity contribution in [3.8, 4) is 0 Å². The van der Waals surface area contributed by atoms with Crippen LogP contribution in [-0.2, 0) is 6.42 Å². The predicted octanol–water partition coefficient (Wildman–Crippen LogP) is 2.38. The molecule has 0 spiro atoms. The Labute approximate surface area is 120 Å². The molecule has 1 fully saturated rings. The number of rotatable bonds is 5. The van der Waals surface area contributed by atoms with E-state index in [0.29, 0.717) is 17.4 Å². The van der Waals surface area contributed by atoms with Crippen LogP contribution >= 0.6 is 0 Å². The van der Waals surface area contributed by atoms with Crippen molar-refractivity contribution in [2.24, 2.45) is 5.84 Å².